The van der Waals surface area contributed by atoms with Crippen LogP contribution >= 0.6 is 0 Å². The molecule has 4 nitrogen and oxygen atoms in total. The van der Waals surface area contributed by atoms with Crippen LogP contribution in [-0.2, 0) is 6.42 Å². The van der Waals surface area contributed by atoms with Crippen LogP contribution in [-0.4, -0.2) is 4.92 Å². The molecule has 0 aromatic heterocycles. The number of hydrogen-bond donors (Lipinski definition) is 1. The molecule has 1 rings (SSSR count). The van der Waals surface area contributed by atoms with Crippen molar-refractivity contribution in [3.05, 3.63) is 33.9 Å². The number of anilines is 1. The number of nitrogens with zero attached hydrogens (tertiary/aromatic N) is 1. The maximum absolute atomic E-state index is 10.4. The number of nitrogen functional groups attached to an aromatic ring is 1. The summed E-state index contributed by atoms with van der Waals surface area (Å²) in [6.07, 6.45) is 0.756. The molecule has 0 radical (unpaired) electrons. The standard InChI is InChI=1S/C8H10N2O2/c1-2-6-3-7(9)5-8(4-6)10(11)12/h3-5H,2,9H2,1H3. The van der Waals surface area contributed by atoms with Gasteiger partial charge in [0.1, 0.15) is 0 Å². The van der Waals surface area contributed by atoms with Crippen LogP contribution in [0.1, 0.15) is 12.5 Å². The quantitative estimate of drug-likeness (QED) is 0.413. The van der Waals surface area contributed by atoms with E-state index in [2.05, 4.69) is 0 Å². The monoisotopic (exact) mass is 166 g/mol. The van der Waals surface area contributed by atoms with Crippen LogP contribution in [0.3, 0.4) is 0 Å². The van der Waals surface area contributed by atoms with E-state index in [4.69, 9.17) is 5.73 Å². The van der Waals surface area contributed by atoms with Gasteiger partial charge in [0.25, 0.3) is 5.69 Å². The Morgan fingerprint density at radius 2 is 2.17 bits per heavy atom. The molecule has 0 heterocycles. The summed E-state index contributed by atoms with van der Waals surface area (Å²) < 4.78 is 0. The molecule has 64 valence electrons. The first-order valence-electron chi connectivity index (χ1n) is 3.67. The second-order valence-corrected chi connectivity index (χ2v) is 2.54. The summed E-state index contributed by atoms with van der Waals surface area (Å²) >= 11 is 0. The lowest BCUT2D eigenvalue weighted by Gasteiger charge is -1.98. The van der Waals surface area contributed by atoms with E-state index in [0.717, 1.165) is 12.0 Å². The molecule has 4 heteroatoms. The minimum absolute atomic E-state index is 0.0619. The smallest absolute Gasteiger partial charge is 0.271 e. The van der Waals surface area contributed by atoms with Gasteiger partial charge in [0.2, 0.25) is 0 Å². The molecule has 0 saturated heterocycles. The molecule has 1 aromatic carbocycles. The van der Waals surface area contributed by atoms with Crippen LogP contribution in [0.2, 0.25) is 0 Å². The van der Waals surface area contributed by atoms with Gasteiger partial charge >= 0.3 is 0 Å². The molecule has 1 aromatic rings. The van der Waals surface area contributed by atoms with Crippen LogP contribution in [0, 0.1) is 10.1 Å². The number of nitrogens with two attached hydrogens (primary N) is 1. The van der Waals surface area contributed by atoms with Crippen LogP contribution in [0.15, 0.2) is 18.2 Å². The molecule has 0 spiro atoms. The van der Waals surface area contributed by atoms with E-state index in [1.807, 2.05) is 6.92 Å². The van der Waals surface area contributed by atoms with Gasteiger partial charge in [0.15, 0.2) is 0 Å². The SMILES string of the molecule is CCc1cc(N)cc([N+](=O)[O-])c1. The second-order valence-electron chi connectivity index (χ2n) is 2.54. The first-order chi connectivity index (χ1) is 5.63. The van der Waals surface area contributed by atoms with Gasteiger partial charge in [0.05, 0.1) is 4.92 Å². The normalized spacial score (nSPS) is 9.75. The third-order valence-corrected chi connectivity index (χ3v) is 1.62. The third-order valence-electron chi connectivity index (χ3n) is 1.62. The first-order valence-corrected chi connectivity index (χ1v) is 3.67. The van der Waals surface area contributed by atoms with Crippen LogP contribution in [0.5, 0.6) is 0 Å². The molecular formula is C8H10N2O2. The molecule has 0 aliphatic carbocycles. The Kier molecular flexibility index (Phi) is 2.28. The van der Waals surface area contributed by atoms with Crippen molar-refractivity contribution >= 4 is 11.4 Å². The molecule has 0 unspecified atom stereocenters. The van der Waals surface area contributed by atoms with Gasteiger partial charge in [-0.25, -0.2) is 0 Å². The molecule has 0 amide bonds. The minimum atomic E-state index is -0.435. The summed E-state index contributed by atoms with van der Waals surface area (Å²) in [5, 5.41) is 10.4. The average molecular weight is 166 g/mol. The Morgan fingerprint density at radius 3 is 2.67 bits per heavy atom. The van der Waals surface area contributed by atoms with Gasteiger partial charge in [0, 0.05) is 17.8 Å². The number of benzene rings is 1. The van der Waals surface area contributed by atoms with E-state index < -0.39 is 4.92 Å². The maximum Gasteiger partial charge on any atom is 0.271 e. The zero-order valence-corrected chi connectivity index (χ0v) is 6.78. The highest BCUT2D eigenvalue weighted by Crippen LogP contribution is 2.18. The van der Waals surface area contributed by atoms with Crippen molar-refractivity contribution in [1.82, 2.24) is 0 Å². The van der Waals surface area contributed by atoms with Crippen molar-refractivity contribution in [2.75, 3.05) is 5.73 Å². The minimum Gasteiger partial charge on any atom is -0.399 e. The highest BCUT2D eigenvalue weighted by atomic mass is 16.6. The predicted molar refractivity (Wildman–Crippen MR) is 46.9 cm³/mol. The third kappa shape index (κ3) is 1.72. The number of hydrogen-bond acceptors (Lipinski definition) is 3. The lowest BCUT2D eigenvalue weighted by atomic mass is 10.1. The molecule has 0 aliphatic rings. The Balaban J connectivity index is 3.15. The van der Waals surface area contributed by atoms with Crippen molar-refractivity contribution in [2.45, 2.75) is 13.3 Å². The van der Waals surface area contributed by atoms with Crippen molar-refractivity contribution in [1.29, 1.82) is 0 Å². The van der Waals surface area contributed by atoms with Crippen LogP contribution in [0.25, 0.3) is 0 Å². The number of nitro benzene ring substituents is 1. The molecule has 0 bridgehead atoms. The topological polar surface area (TPSA) is 69.2 Å². The second kappa shape index (κ2) is 3.21. The van der Waals surface area contributed by atoms with Crippen molar-refractivity contribution in [2.24, 2.45) is 0 Å². The van der Waals surface area contributed by atoms with Crippen molar-refractivity contribution in [3.63, 3.8) is 0 Å². The Bertz CT molecular complexity index is 310. The maximum atomic E-state index is 10.4. The number of rotatable bonds is 2. The summed E-state index contributed by atoms with van der Waals surface area (Å²) in [5.41, 5.74) is 6.87. The van der Waals surface area contributed by atoms with E-state index in [0.29, 0.717) is 5.69 Å². The van der Waals surface area contributed by atoms with E-state index in [-0.39, 0.29) is 5.69 Å². The lowest BCUT2D eigenvalue weighted by Crippen LogP contribution is -1.93. The van der Waals surface area contributed by atoms with E-state index >= 15 is 0 Å². The largest absolute Gasteiger partial charge is 0.399 e. The molecular weight excluding hydrogens is 156 g/mol. The fourth-order valence-electron chi connectivity index (χ4n) is 1.01. The van der Waals surface area contributed by atoms with Crippen molar-refractivity contribution < 1.29 is 4.92 Å². The van der Waals surface area contributed by atoms with E-state index in [1.165, 1.54) is 12.1 Å². The Morgan fingerprint density at radius 1 is 1.50 bits per heavy atom. The number of non-ortho nitro benzene ring substituents is 1. The average Bonchev–Trinajstić information content (AvgIpc) is 2.03. The van der Waals surface area contributed by atoms with Gasteiger partial charge in [-0.1, -0.05) is 6.92 Å². The van der Waals surface area contributed by atoms with Gasteiger partial charge in [-0.15, -0.1) is 0 Å². The van der Waals surface area contributed by atoms with Gasteiger partial charge in [-0.05, 0) is 18.1 Å². The summed E-state index contributed by atoms with van der Waals surface area (Å²) in [6.45, 7) is 1.93. The Labute approximate surface area is 70.2 Å². The molecule has 0 atom stereocenters. The fraction of sp³-hybridized carbons (Fsp3) is 0.250. The zero-order chi connectivity index (χ0) is 9.14. The van der Waals surface area contributed by atoms with Crippen molar-refractivity contribution in [3.8, 4) is 0 Å². The highest BCUT2D eigenvalue weighted by molar-refractivity contribution is 5.50. The molecule has 0 aliphatic heterocycles. The van der Waals surface area contributed by atoms with Gasteiger partial charge in [-0.3, -0.25) is 10.1 Å². The summed E-state index contributed by atoms with van der Waals surface area (Å²) in [4.78, 5) is 9.94. The highest BCUT2D eigenvalue weighted by Gasteiger charge is 2.06. The summed E-state index contributed by atoms with van der Waals surface area (Å²) in [5.74, 6) is 0. The molecule has 12 heavy (non-hydrogen) atoms. The van der Waals surface area contributed by atoms with Gasteiger partial charge in [-0.2, -0.15) is 0 Å². The van der Waals surface area contributed by atoms with Crippen LogP contribution < -0.4 is 5.73 Å². The van der Waals surface area contributed by atoms with Crippen LogP contribution in [0.4, 0.5) is 11.4 Å². The zero-order valence-electron chi connectivity index (χ0n) is 6.78. The number of aryl methyl sites for hydroxylation is 1. The lowest BCUT2D eigenvalue weighted by molar-refractivity contribution is -0.384. The molecule has 0 saturated carbocycles. The first kappa shape index (κ1) is 8.52. The number of nitro groups is 1. The van der Waals surface area contributed by atoms with E-state index in [1.54, 1.807) is 6.07 Å². The molecule has 2 N–H and O–H groups in total. The van der Waals surface area contributed by atoms with Gasteiger partial charge < -0.3 is 5.73 Å². The molecule has 0 fully saturated rings. The Hall–Kier alpha value is -1.58. The van der Waals surface area contributed by atoms with E-state index in [9.17, 15) is 10.1 Å². The predicted octanol–water partition coefficient (Wildman–Crippen LogP) is 1.74. The fourth-order valence-corrected chi connectivity index (χ4v) is 1.01. The summed E-state index contributed by atoms with van der Waals surface area (Å²) in [6, 6.07) is 4.64. The summed E-state index contributed by atoms with van der Waals surface area (Å²) in [7, 11) is 0.